The summed E-state index contributed by atoms with van der Waals surface area (Å²) < 4.78 is 64.9. The third-order valence-corrected chi connectivity index (χ3v) is 6.53. The standard InChI is InChI=1S/C22H31NO3/c1-4-25-21(24)23-12-11-22-10-6-5-7-18(22)20(23)13-16-8-9-17(14-19(16)22)26-15(2)3/h8-9,14-15,18,20H,4-7,10-13H2,1-3H3/t18-,20+,22+/m1/s1/i2D3,3D3,15D. The Kier molecular flexibility index (Phi) is 2.93. The molecule has 1 saturated carbocycles. The maximum atomic E-state index is 12.6. The van der Waals surface area contributed by atoms with Crippen molar-refractivity contribution in [1.29, 1.82) is 0 Å². The maximum absolute atomic E-state index is 12.6. The zero-order valence-electron chi connectivity index (χ0n) is 22.2. The molecule has 1 amide bonds. The number of hydrogen-bond acceptors (Lipinski definition) is 3. The number of nitrogens with zero attached hydrogens (tertiary/aromatic N) is 1. The molecule has 2 bridgehead atoms. The molecular weight excluding hydrogens is 326 g/mol. The van der Waals surface area contributed by atoms with Crippen molar-refractivity contribution in [3.8, 4) is 5.75 Å². The molecule has 4 heteroatoms. The van der Waals surface area contributed by atoms with Gasteiger partial charge in [-0.3, -0.25) is 0 Å². The zero-order chi connectivity index (χ0) is 24.2. The fraction of sp³-hybridized carbons (Fsp3) is 0.682. The van der Waals surface area contributed by atoms with Crippen LogP contribution in [-0.4, -0.2) is 36.3 Å². The molecule has 3 atom stereocenters. The Bertz CT molecular complexity index is 902. The molecule has 1 saturated heterocycles. The number of likely N-dealkylation sites (tertiary alicyclic amines) is 1. The predicted octanol–water partition coefficient (Wildman–Crippen LogP) is 4.69. The summed E-state index contributed by atoms with van der Waals surface area (Å²) in [5.74, 6) is 0.333. The van der Waals surface area contributed by atoms with E-state index >= 15 is 0 Å². The van der Waals surface area contributed by atoms with Gasteiger partial charge in [0.2, 0.25) is 0 Å². The SMILES string of the molecule is [2H]C([2H])([2H])C([2H])(Oc1ccc2c(c1)[C@]13CCCC[C@@H]1[C@H](C2)N(C(=O)OCC)CC3)C([2H])([2H])[2H]. The van der Waals surface area contributed by atoms with Crippen LogP contribution in [0, 0.1) is 5.92 Å². The number of hydrogen-bond donors (Lipinski definition) is 0. The Balaban J connectivity index is 1.74. The first-order chi connectivity index (χ1) is 15.3. The highest BCUT2D eigenvalue weighted by atomic mass is 16.6. The highest BCUT2D eigenvalue weighted by Crippen LogP contribution is 2.56. The van der Waals surface area contributed by atoms with E-state index < -0.39 is 19.8 Å². The van der Waals surface area contributed by atoms with Crippen LogP contribution in [0.25, 0.3) is 0 Å². The van der Waals surface area contributed by atoms with Gasteiger partial charge in [0.1, 0.15) is 5.75 Å². The van der Waals surface area contributed by atoms with Crippen molar-refractivity contribution in [2.75, 3.05) is 13.2 Å². The van der Waals surface area contributed by atoms with E-state index in [1.807, 2.05) is 11.0 Å². The van der Waals surface area contributed by atoms with E-state index in [0.29, 0.717) is 19.6 Å². The van der Waals surface area contributed by atoms with Gasteiger partial charge in [0.15, 0.2) is 0 Å². The first-order valence-electron chi connectivity index (χ1n) is 13.1. The van der Waals surface area contributed by atoms with Gasteiger partial charge in [-0.05, 0) is 75.5 Å². The second-order valence-corrected chi connectivity index (χ2v) is 7.67. The van der Waals surface area contributed by atoms with Crippen molar-refractivity contribution in [3.05, 3.63) is 29.3 Å². The van der Waals surface area contributed by atoms with E-state index in [9.17, 15) is 4.79 Å². The van der Waals surface area contributed by atoms with E-state index in [4.69, 9.17) is 19.1 Å². The first-order valence-corrected chi connectivity index (χ1v) is 9.60. The lowest BCUT2D eigenvalue weighted by Gasteiger charge is -2.58. The van der Waals surface area contributed by atoms with Gasteiger partial charge in [-0.15, -0.1) is 0 Å². The summed E-state index contributed by atoms with van der Waals surface area (Å²) in [6, 6.07) is 5.17. The van der Waals surface area contributed by atoms with E-state index in [1.165, 1.54) is 0 Å². The number of ether oxygens (including phenoxy) is 2. The number of benzene rings is 1. The molecule has 0 spiro atoms. The van der Waals surface area contributed by atoms with E-state index in [1.54, 1.807) is 19.1 Å². The van der Waals surface area contributed by atoms with Gasteiger partial charge in [0, 0.05) is 26.2 Å². The molecule has 1 aromatic rings. The molecule has 26 heavy (non-hydrogen) atoms. The molecule has 4 nitrogen and oxygen atoms in total. The molecule has 1 aromatic carbocycles. The number of piperidine rings is 1. The minimum Gasteiger partial charge on any atom is -0.491 e. The summed E-state index contributed by atoms with van der Waals surface area (Å²) in [4.78, 5) is 14.5. The van der Waals surface area contributed by atoms with Gasteiger partial charge in [-0.2, -0.15) is 0 Å². The molecule has 4 rings (SSSR count). The topological polar surface area (TPSA) is 38.8 Å². The molecule has 142 valence electrons. The van der Waals surface area contributed by atoms with Crippen molar-refractivity contribution in [1.82, 2.24) is 4.90 Å². The van der Waals surface area contributed by atoms with Crippen LogP contribution in [-0.2, 0) is 16.6 Å². The smallest absolute Gasteiger partial charge is 0.410 e. The number of amides is 1. The molecule has 3 aliphatic rings. The maximum Gasteiger partial charge on any atom is 0.410 e. The Morgan fingerprint density at radius 2 is 2.31 bits per heavy atom. The fourth-order valence-electron chi connectivity index (χ4n) is 5.60. The monoisotopic (exact) mass is 364 g/mol. The molecular formula is C22H31NO3. The lowest BCUT2D eigenvalue weighted by molar-refractivity contribution is -0.0110. The van der Waals surface area contributed by atoms with Crippen molar-refractivity contribution in [2.45, 2.75) is 76.7 Å². The Labute approximate surface area is 166 Å². The summed E-state index contributed by atoms with van der Waals surface area (Å²) in [5.41, 5.74) is 1.92. The van der Waals surface area contributed by atoms with Crippen LogP contribution >= 0.6 is 0 Å². The van der Waals surface area contributed by atoms with E-state index in [0.717, 1.165) is 43.2 Å². The van der Waals surface area contributed by atoms with Crippen molar-refractivity contribution in [3.63, 3.8) is 0 Å². The molecule has 1 aliphatic heterocycles. The fourth-order valence-corrected chi connectivity index (χ4v) is 5.60. The number of carbonyl (C=O) groups excluding carboxylic acids is 1. The average molecular weight is 365 g/mol. The van der Waals surface area contributed by atoms with Crippen LogP contribution in [0.5, 0.6) is 5.75 Å². The summed E-state index contributed by atoms with van der Waals surface area (Å²) in [5, 5.41) is 0. The second-order valence-electron chi connectivity index (χ2n) is 7.67. The van der Waals surface area contributed by atoms with Gasteiger partial charge in [-0.1, -0.05) is 18.9 Å². The largest absolute Gasteiger partial charge is 0.491 e. The summed E-state index contributed by atoms with van der Waals surface area (Å²) in [6.45, 7) is -3.60. The van der Waals surface area contributed by atoms with Crippen LogP contribution < -0.4 is 4.74 Å². The predicted molar refractivity (Wildman–Crippen MR) is 102 cm³/mol. The quantitative estimate of drug-likeness (QED) is 0.781. The van der Waals surface area contributed by atoms with Crippen molar-refractivity contribution < 1.29 is 23.9 Å². The highest BCUT2D eigenvalue weighted by Gasteiger charge is 2.55. The van der Waals surface area contributed by atoms with E-state index in [2.05, 4.69) is 0 Å². The van der Waals surface area contributed by atoms with Crippen LogP contribution in [0.4, 0.5) is 4.79 Å². The number of fused-ring (bicyclic) bond motifs is 1. The van der Waals surface area contributed by atoms with Gasteiger partial charge >= 0.3 is 6.09 Å². The minimum atomic E-state index is -3.16. The van der Waals surface area contributed by atoms with Crippen LogP contribution in [0.3, 0.4) is 0 Å². The molecule has 2 fully saturated rings. The Hall–Kier alpha value is -1.71. The molecule has 2 aliphatic carbocycles. The molecule has 0 aromatic heterocycles. The van der Waals surface area contributed by atoms with E-state index in [-0.39, 0.29) is 29.2 Å². The summed E-state index contributed by atoms with van der Waals surface area (Å²) in [6.07, 6.45) is 2.14. The average Bonchev–Trinajstić information content (AvgIpc) is 2.72. The summed E-state index contributed by atoms with van der Waals surface area (Å²) in [7, 11) is 0. The summed E-state index contributed by atoms with van der Waals surface area (Å²) >= 11 is 0. The van der Waals surface area contributed by atoms with Gasteiger partial charge < -0.3 is 14.4 Å². The Morgan fingerprint density at radius 1 is 1.42 bits per heavy atom. The number of carbonyl (C=O) groups is 1. The first kappa shape index (κ1) is 11.2. The molecule has 0 N–H and O–H groups in total. The normalized spacial score (nSPS) is 35.1. The van der Waals surface area contributed by atoms with Gasteiger partial charge in [0.25, 0.3) is 0 Å². The molecule has 1 heterocycles. The second kappa shape index (κ2) is 6.79. The van der Waals surface area contributed by atoms with Crippen molar-refractivity contribution >= 4 is 6.09 Å². The minimum absolute atomic E-state index is 0.0392. The highest BCUT2D eigenvalue weighted by molar-refractivity contribution is 5.69. The lowest BCUT2D eigenvalue weighted by atomic mass is 9.52. The molecule has 0 unspecified atom stereocenters. The third kappa shape index (κ3) is 2.78. The van der Waals surface area contributed by atoms with Gasteiger partial charge in [0.05, 0.1) is 14.1 Å². The van der Waals surface area contributed by atoms with Crippen LogP contribution in [0.2, 0.25) is 0 Å². The third-order valence-electron chi connectivity index (χ3n) is 6.53. The zero-order valence-corrected chi connectivity index (χ0v) is 15.2. The van der Waals surface area contributed by atoms with Gasteiger partial charge in [-0.25, -0.2) is 4.79 Å². The Morgan fingerprint density at radius 3 is 3.12 bits per heavy atom. The molecule has 0 radical (unpaired) electrons. The lowest BCUT2D eigenvalue weighted by Crippen LogP contribution is -2.62. The van der Waals surface area contributed by atoms with Crippen molar-refractivity contribution in [2.24, 2.45) is 5.92 Å². The van der Waals surface area contributed by atoms with Crippen LogP contribution in [0.1, 0.15) is 73.5 Å². The number of rotatable bonds is 3. The van der Waals surface area contributed by atoms with Crippen LogP contribution in [0.15, 0.2) is 18.2 Å².